The number of carbonyl (C=O) groups excluding carboxylic acids is 1. The molecule has 0 radical (unpaired) electrons. The summed E-state index contributed by atoms with van der Waals surface area (Å²) >= 11 is 3.48. The van der Waals surface area contributed by atoms with Gasteiger partial charge in [-0.15, -0.1) is 0 Å². The zero-order chi connectivity index (χ0) is 11.3. The highest BCUT2D eigenvalue weighted by Crippen LogP contribution is 2.40. The molecule has 16 heavy (non-hydrogen) atoms. The molecule has 2 atom stereocenters. The molecule has 2 aliphatic heterocycles. The summed E-state index contributed by atoms with van der Waals surface area (Å²) in [5.74, 6) is 0.576. The number of nitrogens with one attached hydrogen (secondary N) is 1. The van der Waals surface area contributed by atoms with E-state index in [0.29, 0.717) is 5.92 Å². The van der Waals surface area contributed by atoms with Crippen molar-refractivity contribution in [2.24, 2.45) is 5.92 Å². The van der Waals surface area contributed by atoms with Crippen molar-refractivity contribution in [1.82, 2.24) is 0 Å². The lowest BCUT2D eigenvalue weighted by Gasteiger charge is -2.34. The number of halogens is 1. The summed E-state index contributed by atoms with van der Waals surface area (Å²) in [6.07, 6.45) is 1.09. The van der Waals surface area contributed by atoms with E-state index in [9.17, 15) is 4.79 Å². The van der Waals surface area contributed by atoms with E-state index in [1.807, 2.05) is 12.1 Å². The predicted octanol–water partition coefficient (Wildman–Crippen LogP) is 2.62. The van der Waals surface area contributed by atoms with Crippen LogP contribution in [0.4, 0.5) is 11.4 Å². The maximum Gasteiger partial charge on any atom is 0.247 e. The van der Waals surface area contributed by atoms with Crippen LogP contribution < -0.4 is 10.2 Å². The zero-order valence-corrected chi connectivity index (χ0v) is 10.6. The van der Waals surface area contributed by atoms with Crippen molar-refractivity contribution in [2.45, 2.75) is 19.4 Å². The number of carbonyl (C=O) groups is 1. The van der Waals surface area contributed by atoms with Gasteiger partial charge in [-0.2, -0.15) is 0 Å². The summed E-state index contributed by atoms with van der Waals surface area (Å²) in [6, 6.07) is 6.01. The third kappa shape index (κ3) is 1.36. The van der Waals surface area contributed by atoms with Gasteiger partial charge in [0.2, 0.25) is 5.91 Å². The molecule has 3 rings (SSSR count). The van der Waals surface area contributed by atoms with E-state index < -0.39 is 0 Å². The Morgan fingerprint density at radius 3 is 3.12 bits per heavy atom. The molecule has 0 bridgehead atoms. The Morgan fingerprint density at radius 1 is 1.50 bits per heavy atom. The average molecular weight is 281 g/mol. The minimum Gasteiger partial charge on any atom is -0.358 e. The van der Waals surface area contributed by atoms with Crippen LogP contribution in [0.3, 0.4) is 0 Å². The van der Waals surface area contributed by atoms with Gasteiger partial charge < -0.3 is 10.2 Å². The Labute approximate surface area is 103 Å². The first kappa shape index (κ1) is 10.1. The number of amides is 1. The summed E-state index contributed by atoms with van der Waals surface area (Å²) in [7, 11) is 0. The average Bonchev–Trinajstić information content (AvgIpc) is 2.63. The number of rotatable bonds is 0. The van der Waals surface area contributed by atoms with Crippen molar-refractivity contribution in [3.05, 3.63) is 22.7 Å². The third-order valence-corrected chi connectivity index (χ3v) is 3.99. The van der Waals surface area contributed by atoms with Crippen LogP contribution in [-0.2, 0) is 4.79 Å². The molecule has 3 nitrogen and oxygen atoms in total. The van der Waals surface area contributed by atoms with E-state index >= 15 is 0 Å². The SMILES string of the molecule is CC1CCN2c3cc(Br)ccc3NC(=O)C12. The van der Waals surface area contributed by atoms with Crippen molar-refractivity contribution >= 4 is 33.2 Å². The van der Waals surface area contributed by atoms with Crippen LogP contribution in [0.15, 0.2) is 22.7 Å². The smallest absolute Gasteiger partial charge is 0.247 e. The van der Waals surface area contributed by atoms with Crippen molar-refractivity contribution in [3.8, 4) is 0 Å². The number of hydrogen-bond acceptors (Lipinski definition) is 2. The molecule has 1 fully saturated rings. The fraction of sp³-hybridized carbons (Fsp3) is 0.417. The first-order chi connectivity index (χ1) is 7.66. The lowest BCUT2D eigenvalue weighted by atomic mass is 10.00. The molecule has 84 valence electrons. The standard InChI is InChI=1S/C12H13BrN2O/c1-7-4-5-15-10-6-8(13)2-3-9(10)14-12(16)11(7)15/h2-3,6-7,11H,4-5H2,1H3,(H,14,16). The lowest BCUT2D eigenvalue weighted by molar-refractivity contribution is -0.118. The molecule has 0 aromatic heterocycles. The molecule has 1 aromatic rings. The molecule has 1 saturated heterocycles. The summed E-state index contributed by atoms with van der Waals surface area (Å²) in [4.78, 5) is 14.2. The van der Waals surface area contributed by atoms with Gasteiger partial charge in [-0.1, -0.05) is 22.9 Å². The Bertz CT molecular complexity index is 460. The van der Waals surface area contributed by atoms with Gasteiger partial charge in [0.15, 0.2) is 0 Å². The van der Waals surface area contributed by atoms with Crippen LogP contribution >= 0.6 is 15.9 Å². The number of hydrogen-bond donors (Lipinski definition) is 1. The Balaban J connectivity index is 2.11. The first-order valence-electron chi connectivity index (χ1n) is 5.54. The third-order valence-electron chi connectivity index (χ3n) is 3.50. The molecule has 4 heteroatoms. The quantitative estimate of drug-likeness (QED) is 0.792. The fourth-order valence-corrected chi connectivity index (χ4v) is 3.02. The van der Waals surface area contributed by atoms with Crippen molar-refractivity contribution < 1.29 is 4.79 Å². The maximum absolute atomic E-state index is 12.0. The van der Waals surface area contributed by atoms with Crippen molar-refractivity contribution in [3.63, 3.8) is 0 Å². The molecule has 0 aliphatic carbocycles. The van der Waals surface area contributed by atoms with Gasteiger partial charge in [-0.05, 0) is 30.5 Å². The summed E-state index contributed by atoms with van der Waals surface area (Å²) in [6.45, 7) is 3.12. The molecule has 2 aliphatic rings. The molecular weight excluding hydrogens is 268 g/mol. The molecule has 2 heterocycles. The van der Waals surface area contributed by atoms with Crippen LogP contribution in [0.5, 0.6) is 0 Å². The lowest BCUT2D eigenvalue weighted by Crippen LogP contribution is -2.46. The number of fused-ring (bicyclic) bond motifs is 3. The number of nitrogens with zero attached hydrogens (tertiary/aromatic N) is 1. The van der Waals surface area contributed by atoms with Crippen LogP contribution in [-0.4, -0.2) is 18.5 Å². The maximum atomic E-state index is 12.0. The second-order valence-electron chi connectivity index (χ2n) is 4.55. The van der Waals surface area contributed by atoms with Gasteiger partial charge >= 0.3 is 0 Å². The zero-order valence-electron chi connectivity index (χ0n) is 9.03. The normalized spacial score (nSPS) is 27.4. The van der Waals surface area contributed by atoms with Crippen LogP contribution in [0, 0.1) is 5.92 Å². The number of benzene rings is 1. The van der Waals surface area contributed by atoms with E-state index in [0.717, 1.165) is 28.8 Å². The van der Waals surface area contributed by atoms with Crippen LogP contribution in [0.2, 0.25) is 0 Å². The molecule has 1 aromatic carbocycles. The number of anilines is 2. The molecular formula is C12H13BrN2O. The van der Waals surface area contributed by atoms with Crippen LogP contribution in [0.25, 0.3) is 0 Å². The minimum atomic E-state index is 0.0156. The van der Waals surface area contributed by atoms with Crippen LogP contribution in [0.1, 0.15) is 13.3 Å². The summed E-state index contributed by atoms with van der Waals surface area (Å²) < 4.78 is 1.06. The Kier molecular flexibility index (Phi) is 2.21. The van der Waals surface area contributed by atoms with Crippen molar-refractivity contribution in [1.29, 1.82) is 0 Å². The van der Waals surface area contributed by atoms with E-state index in [2.05, 4.69) is 39.1 Å². The predicted molar refractivity (Wildman–Crippen MR) is 67.7 cm³/mol. The fourth-order valence-electron chi connectivity index (χ4n) is 2.67. The minimum absolute atomic E-state index is 0.0156. The van der Waals surface area contributed by atoms with Gasteiger partial charge in [0.05, 0.1) is 11.4 Å². The summed E-state index contributed by atoms with van der Waals surface area (Å²) in [5, 5.41) is 2.99. The molecule has 1 N–H and O–H groups in total. The first-order valence-corrected chi connectivity index (χ1v) is 6.33. The highest BCUT2D eigenvalue weighted by atomic mass is 79.9. The van der Waals surface area contributed by atoms with E-state index in [-0.39, 0.29) is 11.9 Å². The monoisotopic (exact) mass is 280 g/mol. The second kappa shape index (κ2) is 3.48. The summed E-state index contributed by atoms with van der Waals surface area (Å²) in [5.41, 5.74) is 2.07. The highest BCUT2D eigenvalue weighted by molar-refractivity contribution is 9.10. The Hall–Kier alpha value is -1.03. The van der Waals surface area contributed by atoms with E-state index in [1.165, 1.54) is 0 Å². The van der Waals surface area contributed by atoms with E-state index in [4.69, 9.17) is 0 Å². The largest absolute Gasteiger partial charge is 0.358 e. The second-order valence-corrected chi connectivity index (χ2v) is 5.47. The van der Waals surface area contributed by atoms with Gasteiger partial charge in [0, 0.05) is 11.0 Å². The van der Waals surface area contributed by atoms with Gasteiger partial charge in [-0.3, -0.25) is 4.79 Å². The topological polar surface area (TPSA) is 32.3 Å². The van der Waals surface area contributed by atoms with Crippen molar-refractivity contribution in [2.75, 3.05) is 16.8 Å². The van der Waals surface area contributed by atoms with Gasteiger partial charge in [0.25, 0.3) is 0 Å². The highest BCUT2D eigenvalue weighted by Gasteiger charge is 2.40. The molecule has 1 amide bonds. The molecule has 2 unspecified atom stereocenters. The van der Waals surface area contributed by atoms with Gasteiger partial charge in [-0.25, -0.2) is 0 Å². The Morgan fingerprint density at radius 2 is 2.31 bits per heavy atom. The molecule has 0 spiro atoms. The molecule has 0 saturated carbocycles. The van der Waals surface area contributed by atoms with E-state index in [1.54, 1.807) is 0 Å². The van der Waals surface area contributed by atoms with Gasteiger partial charge in [0.1, 0.15) is 6.04 Å².